The molecule has 0 spiro atoms. The van der Waals surface area contributed by atoms with Crippen LogP contribution in [-0.4, -0.2) is 12.2 Å². The van der Waals surface area contributed by atoms with E-state index in [1.54, 1.807) is 0 Å². The van der Waals surface area contributed by atoms with E-state index >= 15 is 0 Å². The zero-order valence-corrected chi connectivity index (χ0v) is 8.81. The molecule has 1 heteroatoms. The number of allylic oxidation sites excluding steroid dienone is 1. The van der Waals surface area contributed by atoms with Crippen molar-refractivity contribution in [1.82, 2.24) is 0 Å². The summed E-state index contributed by atoms with van der Waals surface area (Å²) in [6, 6.07) is 0. The van der Waals surface area contributed by atoms with Crippen LogP contribution in [-0.2, 0) is 4.74 Å². The molecule has 0 aromatic carbocycles. The molecule has 1 aliphatic carbocycles. The van der Waals surface area contributed by atoms with Gasteiger partial charge in [0, 0.05) is 0 Å². The van der Waals surface area contributed by atoms with Gasteiger partial charge in [-0.05, 0) is 43.9 Å². The molecule has 1 saturated carbocycles. The van der Waals surface area contributed by atoms with Crippen LogP contribution < -0.4 is 0 Å². The quantitative estimate of drug-likeness (QED) is 0.593. The summed E-state index contributed by atoms with van der Waals surface area (Å²) in [6.07, 6.45) is 7.09. The van der Waals surface area contributed by atoms with E-state index in [-0.39, 0.29) is 5.60 Å². The van der Waals surface area contributed by atoms with E-state index in [9.17, 15) is 0 Å². The van der Waals surface area contributed by atoms with E-state index in [4.69, 9.17) is 4.74 Å². The van der Waals surface area contributed by atoms with Gasteiger partial charge in [-0.1, -0.05) is 13.0 Å². The number of ether oxygens (including phenoxy) is 1. The average molecular weight is 180 g/mol. The SMILES string of the molecule is C=CC[C@@]12CCC(C)C(C)(C1)OC2. The third-order valence-electron chi connectivity index (χ3n) is 4.16. The number of hydrogen-bond donors (Lipinski definition) is 0. The molecule has 1 saturated heterocycles. The van der Waals surface area contributed by atoms with Crippen molar-refractivity contribution in [2.24, 2.45) is 11.3 Å². The minimum absolute atomic E-state index is 0.168. The van der Waals surface area contributed by atoms with Gasteiger partial charge in [0.05, 0.1) is 12.2 Å². The average Bonchev–Trinajstić information content (AvgIpc) is 2.37. The summed E-state index contributed by atoms with van der Waals surface area (Å²) in [4.78, 5) is 0. The molecule has 2 rings (SSSR count). The fraction of sp³-hybridized carbons (Fsp3) is 0.833. The maximum atomic E-state index is 5.98. The molecule has 74 valence electrons. The first-order valence-corrected chi connectivity index (χ1v) is 5.35. The summed E-state index contributed by atoms with van der Waals surface area (Å²) in [5, 5.41) is 0. The molecule has 2 bridgehead atoms. The van der Waals surface area contributed by atoms with E-state index in [0.29, 0.717) is 5.41 Å². The Bertz CT molecular complexity index is 219. The predicted molar refractivity (Wildman–Crippen MR) is 54.6 cm³/mol. The van der Waals surface area contributed by atoms with Crippen LogP contribution in [0.15, 0.2) is 12.7 Å². The highest BCUT2D eigenvalue weighted by Crippen LogP contribution is 2.54. The first-order chi connectivity index (χ1) is 6.10. The number of fused-ring (bicyclic) bond motifs is 2. The van der Waals surface area contributed by atoms with Gasteiger partial charge in [0.15, 0.2) is 0 Å². The second-order valence-corrected chi connectivity index (χ2v) is 5.21. The van der Waals surface area contributed by atoms with E-state index in [2.05, 4.69) is 26.5 Å². The Hall–Kier alpha value is -0.300. The molecule has 3 atom stereocenters. The number of hydrogen-bond acceptors (Lipinski definition) is 1. The molecule has 0 amide bonds. The van der Waals surface area contributed by atoms with Crippen LogP contribution >= 0.6 is 0 Å². The van der Waals surface area contributed by atoms with Crippen LogP contribution in [0.4, 0.5) is 0 Å². The Labute approximate surface area is 81.2 Å². The standard InChI is InChI=1S/C12H20O/c1-4-6-12-7-5-10(2)11(3,8-12)13-9-12/h4,10H,1,5-9H2,2-3H3/t10?,11?,12-/m1/s1. The van der Waals surface area contributed by atoms with Crippen molar-refractivity contribution in [2.45, 2.75) is 45.1 Å². The van der Waals surface area contributed by atoms with Gasteiger partial charge in [-0.2, -0.15) is 0 Å². The van der Waals surface area contributed by atoms with Gasteiger partial charge < -0.3 is 4.74 Å². The van der Waals surface area contributed by atoms with Crippen molar-refractivity contribution in [2.75, 3.05) is 6.61 Å². The molecule has 0 aromatic heterocycles. The van der Waals surface area contributed by atoms with E-state index in [1.165, 1.54) is 19.3 Å². The second-order valence-electron chi connectivity index (χ2n) is 5.21. The first kappa shape index (κ1) is 9.26. The Balaban J connectivity index is 2.17. The van der Waals surface area contributed by atoms with Gasteiger partial charge in [0.1, 0.15) is 0 Å². The molecule has 0 aromatic rings. The Morgan fingerprint density at radius 1 is 1.62 bits per heavy atom. The minimum atomic E-state index is 0.168. The van der Waals surface area contributed by atoms with E-state index in [1.807, 2.05) is 0 Å². The van der Waals surface area contributed by atoms with Crippen LogP contribution in [0.25, 0.3) is 0 Å². The summed E-state index contributed by atoms with van der Waals surface area (Å²) in [6.45, 7) is 9.41. The highest BCUT2D eigenvalue weighted by atomic mass is 16.5. The lowest BCUT2D eigenvalue weighted by Crippen LogP contribution is -2.37. The Morgan fingerprint density at radius 2 is 2.38 bits per heavy atom. The topological polar surface area (TPSA) is 9.23 Å². The van der Waals surface area contributed by atoms with Crippen LogP contribution in [0.3, 0.4) is 0 Å². The zero-order valence-electron chi connectivity index (χ0n) is 8.81. The summed E-state index contributed by atoms with van der Waals surface area (Å²) in [5.41, 5.74) is 0.615. The van der Waals surface area contributed by atoms with Crippen LogP contribution in [0.2, 0.25) is 0 Å². The van der Waals surface area contributed by atoms with Crippen LogP contribution in [0.5, 0.6) is 0 Å². The molecule has 2 unspecified atom stereocenters. The smallest absolute Gasteiger partial charge is 0.0686 e. The Kier molecular flexibility index (Phi) is 2.03. The van der Waals surface area contributed by atoms with Gasteiger partial charge in [0.2, 0.25) is 0 Å². The zero-order chi connectivity index (χ0) is 9.53. The molecule has 1 heterocycles. The van der Waals surface area contributed by atoms with Crippen molar-refractivity contribution < 1.29 is 4.74 Å². The van der Waals surface area contributed by atoms with Crippen molar-refractivity contribution in [3.63, 3.8) is 0 Å². The summed E-state index contributed by atoms with van der Waals surface area (Å²) in [5.74, 6) is 0.730. The minimum Gasteiger partial charge on any atom is -0.374 e. The molecule has 13 heavy (non-hydrogen) atoms. The molecular weight excluding hydrogens is 160 g/mol. The van der Waals surface area contributed by atoms with Crippen LogP contribution in [0, 0.1) is 11.3 Å². The highest BCUT2D eigenvalue weighted by Gasteiger charge is 2.52. The van der Waals surface area contributed by atoms with E-state index in [0.717, 1.165) is 18.9 Å². The third-order valence-corrected chi connectivity index (χ3v) is 4.16. The molecule has 2 aliphatic rings. The van der Waals surface area contributed by atoms with Gasteiger partial charge in [-0.15, -0.1) is 6.58 Å². The molecule has 2 fully saturated rings. The van der Waals surface area contributed by atoms with Crippen molar-refractivity contribution in [3.05, 3.63) is 12.7 Å². The lowest BCUT2D eigenvalue weighted by molar-refractivity contribution is -0.0233. The third kappa shape index (κ3) is 1.34. The van der Waals surface area contributed by atoms with Crippen molar-refractivity contribution >= 4 is 0 Å². The normalized spacial score (nSPS) is 49.2. The molecule has 0 radical (unpaired) electrons. The molecule has 1 nitrogen and oxygen atoms in total. The summed E-state index contributed by atoms with van der Waals surface area (Å²) >= 11 is 0. The van der Waals surface area contributed by atoms with Gasteiger partial charge >= 0.3 is 0 Å². The van der Waals surface area contributed by atoms with Crippen LogP contribution in [0.1, 0.15) is 39.5 Å². The molecule has 0 N–H and O–H groups in total. The fourth-order valence-corrected chi connectivity index (χ4v) is 3.01. The van der Waals surface area contributed by atoms with E-state index < -0.39 is 0 Å². The Morgan fingerprint density at radius 3 is 3.08 bits per heavy atom. The molecular formula is C12H20O. The lowest BCUT2D eigenvalue weighted by atomic mass is 9.65. The van der Waals surface area contributed by atoms with Gasteiger partial charge in [-0.3, -0.25) is 0 Å². The second kappa shape index (κ2) is 2.84. The first-order valence-electron chi connectivity index (χ1n) is 5.35. The monoisotopic (exact) mass is 180 g/mol. The van der Waals surface area contributed by atoms with Gasteiger partial charge in [0.25, 0.3) is 0 Å². The highest BCUT2D eigenvalue weighted by molar-refractivity contribution is 5.04. The maximum Gasteiger partial charge on any atom is 0.0686 e. The summed E-state index contributed by atoms with van der Waals surface area (Å²) in [7, 11) is 0. The lowest BCUT2D eigenvalue weighted by Gasteiger charge is -2.39. The van der Waals surface area contributed by atoms with Gasteiger partial charge in [-0.25, -0.2) is 0 Å². The predicted octanol–water partition coefficient (Wildman–Crippen LogP) is 3.16. The maximum absolute atomic E-state index is 5.98. The summed E-state index contributed by atoms with van der Waals surface area (Å²) < 4.78 is 5.98. The van der Waals surface area contributed by atoms with Crippen molar-refractivity contribution in [3.8, 4) is 0 Å². The molecule has 1 aliphatic heterocycles. The largest absolute Gasteiger partial charge is 0.374 e. The van der Waals surface area contributed by atoms with Crippen molar-refractivity contribution in [1.29, 1.82) is 0 Å². The number of rotatable bonds is 2. The fourth-order valence-electron chi connectivity index (χ4n) is 3.01.